The van der Waals surface area contributed by atoms with E-state index in [4.69, 9.17) is 4.74 Å². The molecular formula is C24H21F4N5O2. The standard InChI is InChI=1S/C24H21F4N5O2/c1-13-2-5-17(21(32-13)22-30-10-16(25)11-31-22)23(34)33-12-14-3-6-18(33)19(8-14)35-20-7-4-15(9-29-20)24(26,27)28/h2,4-5,7,9-11,14,18-19H,3,6,8,12H2,1H3. The number of aromatic nitrogens is 4. The second-order valence-corrected chi connectivity index (χ2v) is 8.82. The van der Waals surface area contributed by atoms with Gasteiger partial charge in [-0.05, 0) is 50.3 Å². The largest absolute Gasteiger partial charge is 0.472 e. The Morgan fingerprint density at radius 3 is 2.49 bits per heavy atom. The minimum atomic E-state index is -4.48. The molecule has 0 spiro atoms. The first-order valence-corrected chi connectivity index (χ1v) is 11.2. The Balaban J connectivity index is 1.40. The van der Waals surface area contributed by atoms with Crippen LogP contribution >= 0.6 is 0 Å². The van der Waals surface area contributed by atoms with Gasteiger partial charge in [0.25, 0.3) is 5.91 Å². The molecule has 3 unspecified atom stereocenters. The molecule has 6 rings (SSSR count). The Morgan fingerprint density at radius 1 is 1.06 bits per heavy atom. The van der Waals surface area contributed by atoms with Crippen molar-refractivity contribution in [1.82, 2.24) is 24.8 Å². The van der Waals surface area contributed by atoms with Crippen molar-refractivity contribution in [1.29, 1.82) is 0 Å². The monoisotopic (exact) mass is 487 g/mol. The number of fused-ring (bicyclic) bond motifs is 3. The Bertz CT molecular complexity index is 1230. The van der Waals surface area contributed by atoms with Crippen LogP contribution in [-0.2, 0) is 6.18 Å². The maximum Gasteiger partial charge on any atom is 0.417 e. The first kappa shape index (κ1) is 23.1. The summed E-state index contributed by atoms with van der Waals surface area (Å²) < 4.78 is 57.8. The minimum absolute atomic E-state index is 0.0837. The van der Waals surface area contributed by atoms with Crippen molar-refractivity contribution in [3.05, 3.63) is 65.5 Å². The maximum absolute atomic E-state index is 13.7. The number of nitrogens with zero attached hydrogens (tertiary/aromatic N) is 5. The van der Waals surface area contributed by atoms with Crippen LogP contribution in [0.5, 0.6) is 5.88 Å². The first-order chi connectivity index (χ1) is 16.7. The summed E-state index contributed by atoms with van der Waals surface area (Å²) in [5.74, 6) is -0.460. The predicted octanol–water partition coefficient (Wildman–Crippen LogP) is 4.47. The second kappa shape index (κ2) is 8.86. The summed E-state index contributed by atoms with van der Waals surface area (Å²) >= 11 is 0. The number of halogens is 4. The lowest BCUT2D eigenvalue weighted by atomic mass is 9.77. The van der Waals surface area contributed by atoms with Gasteiger partial charge in [0.15, 0.2) is 11.6 Å². The third-order valence-electron chi connectivity index (χ3n) is 6.41. The van der Waals surface area contributed by atoms with E-state index >= 15 is 0 Å². The number of hydrogen-bond donors (Lipinski definition) is 0. The summed E-state index contributed by atoms with van der Waals surface area (Å²) in [6, 6.07) is 5.22. The summed E-state index contributed by atoms with van der Waals surface area (Å²) in [4.78, 5) is 31.6. The average molecular weight is 487 g/mol. The van der Waals surface area contributed by atoms with Crippen molar-refractivity contribution in [2.75, 3.05) is 6.54 Å². The molecule has 11 heteroatoms. The van der Waals surface area contributed by atoms with Crippen molar-refractivity contribution in [3.63, 3.8) is 0 Å². The van der Waals surface area contributed by atoms with E-state index in [1.165, 1.54) is 6.07 Å². The Kier molecular flexibility index (Phi) is 5.86. The molecule has 2 aliphatic heterocycles. The summed E-state index contributed by atoms with van der Waals surface area (Å²) in [5, 5.41) is 0. The van der Waals surface area contributed by atoms with E-state index in [2.05, 4.69) is 19.9 Å². The highest BCUT2D eigenvalue weighted by molar-refractivity contribution is 5.99. The normalized spacial score (nSPS) is 21.7. The lowest BCUT2D eigenvalue weighted by Crippen LogP contribution is -2.59. The molecule has 0 N–H and O–H groups in total. The van der Waals surface area contributed by atoms with E-state index in [-0.39, 0.29) is 35.3 Å². The molecule has 1 amide bonds. The highest BCUT2D eigenvalue weighted by atomic mass is 19.4. The van der Waals surface area contributed by atoms with Crippen molar-refractivity contribution in [2.45, 2.75) is 44.5 Å². The topological polar surface area (TPSA) is 81.1 Å². The number of amides is 1. The van der Waals surface area contributed by atoms with Gasteiger partial charge < -0.3 is 9.64 Å². The Labute approximate surface area is 198 Å². The number of ether oxygens (including phenoxy) is 1. The molecular weight excluding hydrogens is 466 g/mol. The molecule has 1 aliphatic carbocycles. The van der Waals surface area contributed by atoms with Crippen LogP contribution in [-0.4, -0.2) is 49.4 Å². The summed E-state index contributed by atoms with van der Waals surface area (Å²) in [7, 11) is 0. The number of aryl methyl sites for hydroxylation is 1. The van der Waals surface area contributed by atoms with E-state index in [1.54, 1.807) is 24.0 Å². The zero-order valence-corrected chi connectivity index (χ0v) is 18.7. The van der Waals surface area contributed by atoms with E-state index in [1.807, 2.05) is 0 Å². The number of alkyl halides is 3. The number of carbonyl (C=O) groups is 1. The van der Waals surface area contributed by atoms with Crippen molar-refractivity contribution < 1.29 is 27.1 Å². The van der Waals surface area contributed by atoms with Crippen LogP contribution < -0.4 is 4.74 Å². The van der Waals surface area contributed by atoms with E-state index in [0.29, 0.717) is 30.6 Å². The number of piperidine rings is 2. The number of carbonyl (C=O) groups excluding carboxylic acids is 1. The molecule has 2 saturated heterocycles. The fraction of sp³-hybridized carbons (Fsp3) is 0.375. The summed E-state index contributed by atoms with van der Waals surface area (Å²) in [6.07, 6.45) is 0.197. The van der Waals surface area contributed by atoms with Gasteiger partial charge in [-0.15, -0.1) is 0 Å². The van der Waals surface area contributed by atoms with Crippen LogP contribution in [0.4, 0.5) is 17.6 Å². The van der Waals surface area contributed by atoms with Gasteiger partial charge in [0, 0.05) is 24.5 Å². The average Bonchev–Trinajstić information content (AvgIpc) is 2.84. The number of pyridine rings is 2. The molecule has 1 saturated carbocycles. The third-order valence-corrected chi connectivity index (χ3v) is 6.41. The molecule has 5 heterocycles. The molecule has 35 heavy (non-hydrogen) atoms. The van der Waals surface area contributed by atoms with Gasteiger partial charge in [0.2, 0.25) is 5.88 Å². The summed E-state index contributed by atoms with van der Waals surface area (Å²) in [5.41, 5.74) is 0.355. The van der Waals surface area contributed by atoms with Crippen molar-refractivity contribution >= 4 is 5.91 Å². The van der Waals surface area contributed by atoms with Crippen LogP contribution in [0, 0.1) is 18.7 Å². The zero-order chi connectivity index (χ0) is 24.7. The van der Waals surface area contributed by atoms with Gasteiger partial charge >= 0.3 is 6.18 Å². The lowest BCUT2D eigenvalue weighted by Gasteiger charge is -2.49. The van der Waals surface area contributed by atoms with Crippen LogP contribution in [0.25, 0.3) is 11.5 Å². The van der Waals surface area contributed by atoms with Gasteiger partial charge in [-0.2, -0.15) is 13.2 Å². The van der Waals surface area contributed by atoms with Gasteiger partial charge in [0.05, 0.1) is 29.6 Å². The van der Waals surface area contributed by atoms with E-state index in [0.717, 1.165) is 31.1 Å². The molecule has 0 radical (unpaired) electrons. The molecule has 3 aliphatic rings. The van der Waals surface area contributed by atoms with E-state index < -0.39 is 23.7 Å². The van der Waals surface area contributed by atoms with Crippen molar-refractivity contribution in [3.8, 4) is 17.4 Å². The molecule has 3 aromatic heterocycles. The van der Waals surface area contributed by atoms with Crippen LogP contribution in [0.1, 0.15) is 40.9 Å². The zero-order valence-electron chi connectivity index (χ0n) is 18.7. The van der Waals surface area contributed by atoms with Crippen LogP contribution in [0.3, 0.4) is 0 Å². The summed E-state index contributed by atoms with van der Waals surface area (Å²) in [6.45, 7) is 2.30. The molecule has 0 aromatic carbocycles. The van der Waals surface area contributed by atoms with Gasteiger partial charge in [0.1, 0.15) is 11.8 Å². The van der Waals surface area contributed by atoms with Crippen LogP contribution in [0.15, 0.2) is 42.9 Å². The third kappa shape index (κ3) is 4.67. The van der Waals surface area contributed by atoms with Gasteiger partial charge in [-0.1, -0.05) is 0 Å². The second-order valence-electron chi connectivity index (χ2n) is 8.82. The minimum Gasteiger partial charge on any atom is -0.472 e. The predicted molar refractivity (Wildman–Crippen MR) is 116 cm³/mol. The Hall–Kier alpha value is -3.63. The number of rotatable bonds is 4. The smallest absolute Gasteiger partial charge is 0.417 e. The Morgan fingerprint density at radius 2 is 1.83 bits per heavy atom. The molecule has 182 valence electrons. The van der Waals surface area contributed by atoms with E-state index in [9.17, 15) is 22.4 Å². The highest BCUT2D eigenvalue weighted by Gasteiger charge is 2.45. The highest BCUT2D eigenvalue weighted by Crippen LogP contribution is 2.39. The molecule has 7 nitrogen and oxygen atoms in total. The van der Waals surface area contributed by atoms with Gasteiger partial charge in [-0.25, -0.2) is 24.3 Å². The molecule has 3 aromatic rings. The lowest BCUT2D eigenvalue weighted by molar-refractivity contribution is -0.137. The first-order valence-electron chi connectivity index (χ1n) is 11.2. The fourth-order valence-corrected chi connectivity index (χ4v) is 4.75. The van der Waals surface area contributed by atoms with Crippen molar-refractivity contribution in [2.24, 2.45) is 5.92 Å². The number of hydrogen-bond acceptors (Lipinski definition) is 6. The quantitative estimate of drug-likeness (QED) is 0.505. The molecule has 3 atom stereocenters. The SMILES string of the molecule is Cc1ccc(C(=O)N2CC3CCC2C(Oc2ccc(C(F)(F)F)cn2)C3)c(-c2ncc(F)cn2)n1. The van der Waals surface area contributed by atoms with Gasteiger partial charge in [-0.3, -0.25) is 4.79 Å². The maximum atomic E-state index is 13.7. The molecule has 2 bridgehead atoms. The van der Waals surface area contributed by atoms with Crippen LogP contribution in [0.2, 0.25) is 0 Å². The fourth-order valence-electron chi connectivity index (χ4n) is 4.75. The molecule has 3 fully saturated rings.